The number of hydrogen-bond donors (Lipinski definition) is 1. The van der Waals surface area contributed by atoms with Gasteiger partial charge in [0, 0.05) is 39.9 Å². The summed E-state index contributed by atoms with van der Waals surface area (Å²) in [7, 11) is 1.66. The van der Waals surface area contributed by atoms with Crippen molar-refractivity contribution in [2.24, 2.45) is 10.1 Å². The van der Waals surface area contributed by atoms with Crippen molar-refractivity contribution in [3.63, 3.8) is 0 Å². The summed E-state index contributed by atoms with van der Waals surface area (Å²) in [5, 5.41) is 4.77. The second kappa shape index (κ2) is 9.14. The van der Waals surface area contributed by atoms with Crippen LogP contribution >= 0.6 is 15.9 Å². The molecule has 3 aromatic carbocycles. The van der Waals surface area contributed by atoms with Crippen LogP contribution in [0.4, 0.5) is 11.4 Å². The average Bonchev–Trinajstić information content (AvgIpc) is 3.04. The number of morpholine rings is 1. The molecule has 2 heterocycles. The van der Waals surface area contributed by atoms with Gasteiger partial charge in [-0.15, -0.1) is 0 Å². The SMILES string of the molecule is COc1ccc(C2=Nc3ccc(Br)cc3C(c3ccc(N4CCOCC4)cc3)=NN2)cc1. The van der Waals surface area contributed by atoms with Crippen molar-refractivity contribution in [1.29, 1.82) is 0 Å². The van der Waals surface area contributed by atoms with Gasteiger partial charge < -0.3 is 14.4 Å². The molecule has 0 aliphatic carbocycles. The third kappa shape index (κ3) is 4.26. The van der Waals surface area contributed by atoms with E-state index in [9.17, 15) is 0 Å². The third-order valence-electron chi connectivity index (χ3n) is 5.60. The molecule has 5 rings (SSSR count). The third-order valence-corrected chi connectivity index (χ3v) is 6.09. The van der Waals surface area contributed by atoms with Gasteiger partial charge in [-0.3, -0.25) is 5.43 Å². The van der Waals surface area contributed by atoms with E-state index < -0.39 is 0 Å². The lowest BCUT2D eigenvalue weighted by Crippen LogP contribution is -2.36. The minimum Gasteiger partial charge on any atom is -0.497 e. The number of rotatable bonds is 4. The van der Waals surface area contributed by atoms with Crippen molar-refractivity contribution < 1.29 is 9.47 Å². The number of nitrogens with zero attached hydrogens (tertiary/aromatic N) is 3. The molecule has 0 saturated carbocycles. The lowest BCUT2D eigenvalue weighted by Gasteiger charge is -2.29. The Bertz CT molecular complexity index is 1170. The van der Waals surface area contributed by atoms with E-state index in [1.807, 2.05) is 36.4 Å². The summed E-state index contributed by atoms with van der Waals surface area (Å²) in [6.07, 6.45) is 0. The van der Waals surface area contributed by atoms with Crippen molar-refractivity contribution in [2.45, 2.75) is 0 Å². The van der Waals surface area contributed by atoms with Gasteiger partial charge >= 0.3 is 0 Å². The molecular formula is C25H23BrN4O2. The van der Waals surface area contributed by atoms with Crippen LogP contribution in [-0.2, 0) is 4.74 Å². The Kier molecular flexibility index (Phi) is 5.92. The van der Waals surface area contributed by atoms with Crippen LogP contribution in [0.1, 0.15) is 16.7 Å². The second-order valence-electron chi connectivity index (χ2n) is 7.57. The quantitative estimate of drug-likeness (QED) is 0.574. The fourth-order valence-electron chi connectivity index (χ4n) is 3.86. The highest BCUT2D eigenvalue weighted by molar-refractivity contribution is 9.10. The number of hydrogen-bond acceptors (Lipinski definition) is 6. The number of nitrogens with one attached hydrogen (secondary N) is 1. The fourth-order valence-corrected chi connectivity index (χ4v) is 4.22. The van der Waals surface area contributed by atoms with Crippen molar-refractivity contribution in [1.82, 2.24) is 5.43 Å². The second-order valence-corrected chi connectivity index (χ2v) is 8.48. The van der Waals surface area contributed by atoms with Crippen LogP contribution in [0.3, 0.4) is 0 Å². The molecule has 2 aliphatic heterocycles. The Morgan fingerprint density at radius 3 is 2.38 bits per heavy atom. The topological polar surface area (TPSA) is 58.5 Å². The smallest absolute Gasteiger partial charge is 0.154 e. The Morgan fingerprint density at radius 2 is 1.66 bits per heavy atom. The zero-order valence-electron chi connectivity index (χ0n) is 17.7. The molecule has 3 aromatic rings. The molecule has 0 unspecified atom stereocenters. The summed E-state index contributed by atoms with van der Waals surface area (Å²) >= 11 is 3.60. The molecule has 0 spiro atoms. The zero-order valence-corrected chi connectivity index (χ0v) is 19.3. The van der Waals surface area contributed by atoms with Gasteiger partial charge in [-0.25, -0.2) is 4.99 Å². The largest absolute Gasteiger partial charge is 0.497 e. The lowest BCUT2D eigenvalue weighted by atomic mass is 10.0. The van der Waals surface area contributed by atoms with Gasteiger partial charge in [-0.05, 0) is 54.6 Å². The van der Waals surface area contributed by atoms with Crippen LogP contribution < -0.4 is 15.1 Å². The summed E-state index contributed by atoms with van der Waals surface area (Å²) < 4.78 is 11.7. The number of amidine groups is 1. The van der Waals surface area contributed by atoms with Gasteiger partial charge in [0.2, 0.25) is 0 Å². The van der Waals surface area contributed by atoms with E-state index in [1.54, 1.807) is 7.11 Å². The number of anilines is 1. The van der Waals surface area contributed by atoms with Crippen molar-refractivity contribution in [3.05, 3.63) is 87.9 Å². The van der Waals surface area contributed by atoms with E-state index in [0.29, 0.717) is 5.84 Å². The normalized spacial score (nSPS) is 15.8. The molecule has 6 nitrogen and oxygen atoms in total. The molecule has 1 saturated heterocycles. The molecule has 0 atom stereocenters. The maximum Gasteiger partial charge on any atom is 0.154 e. The van der Waals surface area contributed by atoms with Crippen LogP contribution in [0.5, 0.6) is 5.75 Å². The highest BCUT2D eigenvalue weighted by Gasteiger charge is 2.19. The van der Waals surface area contributed by atoms with Crippen molar-refractivity contribution in [2.75, 3.05) is 38.3 Å². The molecule has 162 valence electrons. The predicted octanol–water partition coefficient (Wildman–Crippen LogP) is 4.73. The van der Waals surface area contributed by atoms with Crippen LogP contribution in [0, 0.1) is 0 Å². The first kappa shape index (κ1) is 20.7. The average molecular weight is 491 g/mol. The Morgan fingerprint density at radius 1 is 0.938 bits per heavy atom. The lowest BCUT2D eigenvalue weighted by molar-refractivity contribution is 0.122. The Hall–Kier alpha value is -3.16. The number of benzene rings is 3. The summed E-state index contributed by atoms with van der Waals surface area (Å²) in [5.41, 5.74) is 9.02. The van der Waals surface area contributed by atoms with Crippen LogP contribution in [0.15, 0.2) is 81.3 Å². The number of aliphatic imine (C=N–C) groups is 1. The minimum atomic E-state index is 0.691. The highest BCUT2D eigenvalue weighted by atomic mass is 79.9. The van der Waals surface area contributed by atoms with Crippen LogP contribution in [0.2, 0.25) is 0 Å². The van der Waals surface area contributed by atoms with Gasteiger partial charge in [0.25, 0.3) is 0 Å². The first-order valence-electron chi connectivity index (χ1n) is 10.5. The van der Waals surface area contributed by atoms with Crippen molar-refractivity contribution >= 4 is 38.9 Å². The molecule has 1 N–H and O–H groups in total. The van der Waals surface area contributed by atoms with Gasteiger partial charge in [0.1, 0.15) is 11.5 Å². The van der Waals surface area contributed by atoms with E-state index in [2.05, 4.69) is 56.6 Å². The number of methoxy groups -OCH3 is 1. The van der Waals surface area contributed by atoms with E-state index in [-0.39, 0.29) is 0 Å². The van der Waals surface area contributed by atoms with E-state index in [4.69, 9.17) is 19.6 Å². The van der Waals surface area contributed by atoms with Crippen LogP contribution in [-0.4, -0.2) is 45.0 Å². The Balaban J connectivity index is 1.50. The minimum absolute atomic E-state index is 0.691. The Labute approximate surface area is 195 Å². The molecule has 0 radical (unpaired) electrons. The summed E-state index contributed by atoms with van der Waals surface area (Å²) in [5.74, 6) is 1.49. The zero-order chi connectivity index (χ0) is 21.9. The number of ether oxygens (including phenoxy) is 2. The summed E-state index contributed by atoms with van der Waals surface area (Å²) in [6.45, 7) is 3.36. The number of fused-ring (bicyclic) bond motifs is 1. The molecule has 0 bridgehead atoms. The monoisotopic (exact) mass is 490 g/mol. The van der Waals surface area contributed by atoms with E-state index in [1.165, 1.54) is 5.69 Å². The van der Waals surface area contributed by atoms with E-state index in [0.717, 1.165) is 64.6 Å². The molecular weight excluding hydrogens is 468 g/mol. The summed E-state index contributed by atoms with van der Waals surface area (Å²) in [4.78, 5) is 7.22. The number of hydrazone groups is 1. The van der Waals surface area contributed by atoms with Gasteiger partial charge in [0.05, 0.1) is 26.0 Å². The van der Waals surface area contributed by atoms with Gasteiger partial charge in [-0.2, -0.15) is 5.10 Å². The predicted molar refractivity (Wildman–Crippen MR) is 132 cm³/mol. The molecule has 2 aliphatic rings. The first-order chi connectivity index (χ1) is 15.7. The number of halogens is 1. The summed E-state index contributed by atoms with van der Waals surface area (Å²) in [6, 6.07) is 22.4. The molecule has 0 aromatic heterocycles. The van der Waals surface area contributed by atoms with Gasteiger partial charge in [-0.1, -0.05) is 28.1 Å². The van der Waals surface area contributed by atoms with Crippen LogP contribution in [0.25, 0.3) is 0 Å². The van der Waals surface area contributed by atoms with Crippen molar-refractivity contribution in [3.8, 4) is 5.75 Å². The molecule has 0 amide bonds. The van der Waals surface area contributed by atoms with Gasteiger partial charge in [0.15, 0.2) is 5.84 Å². The first-order valence-corrected chi connectivity index (χ1v) is 11.3. The molecule has 7 heteroatoms. The molecule has 1 fully saturated rings. The fraction of sp³-hybridized carbons (Fsp3) is 0.200. The van der Waals surface area contributed by atoms with E-state index >= 15 is 0 Å². The maximum absolute atomic E-state index is 5.47. The standard InChI is InChI=1S/C25H23BrN4O2/c1-31-21-9-4-18(5-10-21)25-27-23-11-6-19(26)16-22(23)24(28-29-25)17-2-7-20(8-3-17)30-12-14-32-15-13-30/h2-11,16H,12-15H2,1H3,(H,27,29). The molecule has 32 heavy (non-hydrogen) atoms. The highest BCUT2D eigenvalue weighted by Crippen LogP contribution is 2.29. The maximum atomic E-state index is 5.47.